The van der Waals surface area contributed by atoms with Gasteiger partial charge in [0.15, 0.2) is 0 Å². The first-order valence-electron chi connectivity index (χ1n) is 9.10. The summed E-state index contributed by atoms with van der Waals surface area (Å²) in [5.74, 6) is -2.89. The fourth-order valence-corrected chi connectivity index (χ4v) is 4.29. The third-order valence-corrected chi connectivity index (χ3v) is 5.73. The largest absolute Gasteiger partial charge is 0.463 e. The fourth-order valence-electron chi connectivity index (χ4n) is 4.03. The Labute approximate surface area is 171 Å². The van der Waals surface area contributed by atoms with E-state index >= 15 is 0 Å². The minimum Gasteiger partial charge on any atom is -0.463 e. The Bertz CT molecular complexity index is 968. The highest BCUT2D eigenvalue weighted by Crippen LogP contribution is 2.49. The molecule has 0 N–H and O–H groups in total. The molecule has 1 fully saturated rings. The molecule has 6 heteroatoms. The number of carbonyl (C=O) groups excluding carboxylic acids is 3. The number of amides is 2. The van der Waals surface area contributed by atoms with E-state index in [-0.39, 0.29) is 18.4 Å². The number of halogens is 1. The van der Waals surface area contributed by atoms with Gasteiger partial charge in [0, 0.05) is 16.0 Å². The predicted octanol–water partition coefficient (Wildman–Crippen LogP) is 3.84. The van der Waals surface area contributed by atoms with Crippen molar-refractivity contribution in [3.05, 3.63) is 76.3 Å². The number of esters is 1. The molecule has 2 aromatic carbocycles. The average molecular weight is 440 g/mol. The lowest BCUT2D eigenvalue weighted by molar-refractivity contribution is -0.138. The Morgan fingerprint density at radius 3 is 2.36 bits per heavy atom. The van der Waals surface area contributed by atoms with Crippen molar-refractivity contribution >= 4 is 39.4 Å². The van der Waals surface area contributed by atoms with E-state index in [9.17, 15) is 14.4 Å². The van der Waals surface area contributed by atoms with Crippen LogP contribution in [0.1, 0.15) is 18.4 Å². The Morgan fingerprint density at radius 2 is 1.71 bits per heavy atom. The highest BCUT2D eigenvalue weighted by Gasteiger charge is 2.56. The Balaban J connectivity index is 1.78. The van der Waals surface area contributed by atoms with E-state index in [1.807, 2.05) is 30.3 Å². The number of hydrogen-bond acceptors (Lipinski definition) is 4. The molecule has 0 aromatic heterocycles. The molecule has 1 saturated heterocycles. The molecule has 1 heterocycles. The summed E-state index contributed by atoms with van der Waals surface area (Å²) in [5, 5.41) is 0. The van der Waals surface area contributed by atoms with Gasteiger partial charge in [-0.3, -0.25) is 9.59 Å². The summed E-state index contributed by atoms with van der Waals surface area (Å²) in [5.41, 5.74) is 1.74. The summed E-state index contributed by atoms with van der Waals surface area (Å²) < 4.78 is 6.09. The van der Waals surface area contributed by atoms with Gasteiger partial charge in [0.25, 0.3) is 0 Å². The molecule has 1 aliphatic heterocycles. The van der Waals surface area contributed by atoms with Gasteiger partial charge in [0.2, 0.25) is 11.8 Å². The van der Waals surface area contributed by atoms with Crippen LogP contribution in [-0.4, -0.2) is 24.4 Å². The smallest absolute Gasteiger partial charge is 0.334 e. The predicted molar refractivity (Wildman–Crippen MR) is 108 cm³/mol. The highest BCUT2D eigenvalue weighted by molar-refractivity contribution is 9.10. The first-order valence-corrected chi connectivity index (χ1v) is 9.89. The third kappa shape index (κ3) is 2.98. The summed E-state index contributed by atoms with van der Waals surface area (Å²) in [4.78, 5) is 40.1. The highest BCUT2D eigenvalue weighted by atomic mass is 79.9. The van der Waals surface area contributed by atoms with Crippen molar-refractivity contribution < 1.29 is 19.1 Å². The van der Waals surface area contributed by atoms with Gasteiger partial charge in [0.1, 0.15) is 0 Å². The number of ether oxygens (including phenoxy) is 1. The summed E-state index contributed by atoms with van der Waals surface area (Å²) >= 11 is 3.41. The molecular formula is C22H18BrNO4. The Kier molecular flexibility index (Phi) is 4.89. The molecule has 5 nitrogen and oxygen atoms in total. The molecule has 2 amide bonds. The van der Waals surface area contributed by atoms with Crippen molar-refractivity contribution in [2.24, 2.45) is 11.8 Å². The number of para-hydroxylation sites is 1. The number of benzene rings is 2. The summed E-state index contributed by atoms with van der Waals surface area (Å²) in [7, 11) is 0. The molecule has 2 aromatic rings. The van der Waals surface area contributed by atoms with E-state index in [1.54, 1.807) is 37.3 Å². The van der Waals surface area contributed by atoms with Crippen LogP contribution >= 0.6 is 15.9 Å². The topological polar surface area (TPSA) is 63.7 Å². The van der Waals surface area contributed by atoms with Crippen molar-refractivity contribution in [1.29, 1.82) is 0 Å². The SMILES string of the molecule is CCOC(=O)C1=C[C@@H]2C(=O)N(c3ccccc3)C(=O)[C@@H]2[C@H]1c1ccc(Br)cc1. The van der Waals surface area contributed by atoms with E-state index < -0.39 is 23.7 Å². The number of carbonyl (C=O) groups is 3. The van der Waals surface area contributed by atoms with Gasteiger partial charge in [-0.15, -0.1) is 0 Å². The van der Waals surface area contributed by atoms with Gasteiger partial charge in [-0.05, 0) is 36.8 Å². The van der Waals surface area contributed by atoms with Crippen molar-refractivity contribution in [1.82, 2.24) is 0 Å². The lowest BCUT2D eigenvalue weighted by Crippen LogP contribution is -2.33. The zero-order valence-corrected chi connectivity index (χ0v) is 16.8. The van der Waals surface area contributed by atoms with Crippen LogP contribution in [0.3, 0.4) is 0 Å². The van der Waals surface area contributed by atoms with E-state index in [4.69, 9.17) is 4.74 Å². The third-order valence-electron chi connectivity index (χ3n) is 5.21. The van der Waals surface area contributed by atoms with E-state index in [2.05, 4.69) is 15.9 Å². The number of nitrogens with zero attached hydrogens (tertiary/aromatic N) is 1. The van der Waals surface area contributed by atoms with Gasteiger partial charge in [-0.2, -0.15) is 0 Å². The molecule has 0 spiro atoms. The average Bonchev–Trinajstić information content (AvgIpc) is 3.20. The maximum atomic E-state index is 13.3. The first kappa shape index (κ1) is 18.6. The van der Waals surface area contributed by atoms with Crippen LogP contribution in [0.5, 0.6) is 0 Å². The lowest BCUT2D eigenvalue weighted by Gasteiger charge is -2.22. The monoisotopic (exact) mass is 439 g/mol. The summed E-state index contributed by atoms with van der Waals surface area (Å²) in [6.45, 7) is 1.97. The molecular weight excluding hydrogens is 422 g/mol. The van der Waals surface area contributed by atoms with Crippen LogP contribution in [-0.2, 0) is 19.1 Å². The van der Waals surface area contributed by atoms with E-state index in [1.165, 1.54) is 4.90 Å². The molecule has 0 bridgehead atoms. The quantitative estimate of drug-likeness (QED) is 0.536. The van der Waals surface area contributed by atoms with Crippen LogP contribution in [0.2, 0.25) is 0 Å². The second kappa shape index (κ2) is 7.36. The van der Waals surface area contributed by atoms with Crippen molar-refractivity contribution in [3.8, 4) is 0 Å². The van der Waals surface area contributed by atoms with Gasteiger partial charge in [-0.1, -0.05) is 52.3 Å². The van der Waals surface area contributed by atoms with Crippen molar-refractivity contribution in [3.63, 3.8) is 0 Å². The molecule has 3 atom stereocenters. The molecule has 2 aliphatic rings. The number of rotatable bonds is 4. The minimum absolute atomic E-state index is 0.233. The molecule has 0 unspecified atom stereocenters. The fraction of sp³-hybridized carbons (Fsp3) is 0.227. The van der Waals surface area contributed by atoms with Crippen LogP contribution < -0.4 is 4.90 Å². The lowest BCUT2D eigenvalue weighted by atomic mass is 9.82. The molecule has 28 heavy (non-hydrogen) atoms. The molecule has 1 aliphatic carbocycles. The number of imide groups is 1. The van der Waals surface area contributed by atoms with Crippen molar-refractivity contribution in [2.75, 3.05) is 11.5 Å². The number of fused-ring (bicyclic) bond motifs is 1. The first-order chi connectivity index (χ1) is 13.5. The second-order valence-corrected chi connectivity index (χ2v) is 7.69. The normalized spacial score (nSPS) is 23.6. The van der Waals surface area contributed by atoms with E-state index in [0.29, 0.717) is 11.3 Å². The molecule has 142 valence electrons. The van der Waals surface area contributed by atoms with Gasteiger partial charge < -0.3 is 4.74 Å². The number of hydrogen-bond donors (Lipinski definition) is 0. The zero-order chi connectivity index (χ0) is 19.8. The molecule has 0 saturated carbocycles. The second-order valence-electron chi connectivity index (χ2n) is 6.77. The van der Waals surface area contributed by atoms with Gasteiger partial charge in [0.05, 0.1) is 24.1 Å². The molecule has 0 radical (unpaired) electrons. The van der Waals surface area contributed by atoms with Gasteiger partial charge in [-0.25, -0.2) is 9.69 Å². The van der Waals surface area contributed by atoms with Crippen molar-refractivity contribution in [2.45, 2.75) is 12.8 Å². The zero-order valence-electron chi connectivity index (χ0n) is 15.2. The maximum Gasteiger partial charge on any atom is 0.334 e. The summed E-state index contributed by atoms with van der Waals surface area (Å²) in [6, 6.07) is 16.3. The van der Waals surface area contributed by atoms with E-state index in [0.717, 1.165) is 10.0 Å². The Hall–Kier alpha value is -2.73. The molecule has 4 rings (SSSR count). The van der Waals surface area contributed by atoms with Crippen LogP contribution in [0.15, 0.2) is 70.7 Å². The Morgan fingerprint density at radius 1 is 1.04 bits per heavy atom. The van der Waals surface area contributed by atoms with Gasteiger partial charge >= 0.3 is 5.97 Å². The number of anilines is 1. The van der Waals surface area contributed by atoms with Crippen LogP contribution in [0.25, 0.3) is 0 Å². The summed E-state index contributed by atoms with van der Waals surface area (Å²) in [6.07, 6.45) is 1.62. The maximum absolute atomic E-state index is 13.3. The van der Waals surface area contributed by atoms with Crippen LogP contribution in [0.4, 0.5) is 5.69 Å². The standard InChI is InChI=1S/C22H18BrNO4/c1-2-28-22(27)17-12-16-19(18(17)13-8-10-14(23)11-9-13)21(26)24(20(16)25)15-6-4-3-5-7-15/h3-12,16,18-19H,2H2,1H3/t16-,18-,19-/m0/s1. The minimum atomic E-state index is -0.666. The van der Waals surface area contributed by atoms with Crippen LogP contribution in [0, 0.1) is 11.8 Å².